The summed E-state index contributed by atoms with van der Waals surface area (Å²) < 4.78 is 20.8. The van der Waals surface area contributed by atoms with Crippen LogP contribution in [0.3, 0.4) is 0 Å². The molecule has 1 saturated heterocycles. The first-order chi connectivity index (χ1) is 22.5. The fourth-order valence-electron chi connectivity index (χ4n) is 5.80. The Bertz CT molecular complexity index is 1810. The number of esters is 1. The van der Waals surface area contributed by atoms with E-state index in [1.807, 2.05) is 97.1 Å². The Labute approximate surface area is 274 Å². The molecular weight excluding hydrogens is 648 g/mol. The number of benzene rings is 4. The van der Waals surface area contributed by atoms with Gasteiger partial charge in [0.25, 0.3) is 5.56 Å². The van der Waals surface area contributed by atoms with Gasteiger partial charge in [0.15, 0.2) is 0 Å². The van der Waals surface area contributed by atoms with E-state index in [2.05, 4.69) is 20.9 Å². The Hall–Kier alpha value is -4.83. The molecule has 0 saturated carbocycles. The van der Waals surface area contributed by atoms with Crippen LogP contribution in [0.2, 0.25) is 0 Å². The summed E-state index contributed by atoms with van der Waals surface area (Å²) in [4.78, 5) is 42.5. The Morgan fingerprint density at radius 2 is 1.37 bits per heavy atom. The lowest BCUT2D eigenvalue weighted by Crippen LogP contribution is -2.39. The van der Waals surface area contributed by atoms with Crippen molar-refractivity contribution in [3.63, 3.8) is 0 Å². The highest BCUT2D eigenvalue weighted by atomic mass is 79.9. The van der Waals surface area contributed by atoms with Gasteiger partial charge in [-0.25, -0.2) is 9.59 Å². The minimum absolute atomic E-state index is 0.00812. The maximum Gasteiger partial charge on any atom is 0.338 e. The summed E-state index contributed by atoms with van der Waals surface area (Å²) in [5, 5.41) is 0. The van der Waals surface area contributed by atoms with Crippen LogP contribution in [0.4, 0.5) is 0 Å². The van der Waals surface area contributed by atoms with E-state index < -0.39 is 41.3 Å². The number of carbonyl (C=O) groups excluding carboxylic acids is 1. The number of H-pyrrole nitrogens is 1. The van der Waals surface area contributed by atoms with Crippen molar-refractivity contribution >= 4 is 28.0 Å². The molecule has 46 heavy (non-hydrogen) atoms. The van der Waals surface area contributed by atoms with Crippen molar-refractivity contribution in [2.45, 2.75) is 30.5 Å². The Morgan fingerprint density at radius 3 is 1.89 bits per heavy atom. The first kappa shape index (κ1) is 31.2. The number of hydrogen-bond donors (Lipinski definition) is 1. The number of aromatic amines is 1. The highest BCUT2D eigenvalue weighted by Gasteiger charge is 2.44. The largest absolute Gasteiger partial charge is 0.456 e. The lowest BCUT2D eigenvalue weighted by Gasteiger charge is -2.37. The van der Waals surface area contributed by atoms with Crippen LogP contribution < -0.4 is 11.2 Å². The Morgan fingerprint density at radius 1 is 0.848 bits per heavy atom. The molecule has 0 bridgehead atoms. The molecule has 1 fully saturated rings. The minimum atomic E-state index is -1.04. The fourth-order valence-corrected chi connectivity index (χ4v) is 6.09. The van der Waals surface area contributed by atoms with E-state index in [0.717, 1.165) is 16.7 Å². The average molecular weight is 680 g/mol. The number of nitrogens with zero attached hydrogens (tertiary/aromatic N) is 1. The van der Waals surface area contributed by atoms with E-state index in [0.29, 0.717) is 5.56 Å². The first-order valence-electron chi connectivity index (χ1n) is 14.8. The van der Waals surface area contributed by atoms with Crippen molar-refractivity contribution in [3.05, 3.63) is 181 Å². The van der Waals surface area contributed by atoms with Crippen LogP contribution in [0.5, 0.6) is 0 Å². The van der Waals surface area contributed by atoms with E-state index in [1.165, 1.54) is 21.8 Å². The molecule has 5 aromatic rings. The zero-order chi connectivity index (χ0) is 31.9. The molecule has 3 atom stereocenters. The lowest BCUT2D eigenvalue weighted by molar-refractivity contribution is -0.0967. The van der Waals surface area contributed by atoms with Crippen molar-refractivity contribution in [1.29, 1.82) is 0 Å². The summed E-state index contributed by atoms with van der Waals surface area (Å²) in [6.07, 6.45) is 0.754. The van der Waals surface area contributed by atoms with Crippen molar-refractivity contribution in [2.75, 3.05) is 6.61 Å². The smallest absolute Gasteiger partial charge is 0.338 e. The second kappa shape index (κ2) is 14.1. The van der Waals surface area contributed by atoms with Crippen LogP contribution in [0.25, 0.3) is 6.08 Å². The summed E-state index contributed by atoms with van der Waals surface area (Å²) in [5.41, 5.74) is 1.16. The molecule has 0 aliphatic carbocycles. The third kappa shape index (κ3) is 6.44. The third-order valence-corrected chi connectivity index (χ3v) is 8.27. The lowest BCUT2D eigenvalue weighted by atomic mass is 9.80. The van der Waals surface area contributed by atoms with Crippen LogP contribution in [-0.2, 0) is 19.8 Å². The number of carbonyl (C=O) groups is 1. The highest BCUT2D eigenvalue weighted by molar-refractivity contribution is 9.11. The molecule has 9 heteroatoms. The van der Waals surface area contributed by atoms with Crippen LogP contribution in [0.15, 0.2) is 142 Å². The molecule has 1 aliphatic rings. The highest BCUT2D eigenvalue weighted by Crippen LogP contribution is 2.42. The average Bonchev–Trinajstić information content (AvgIpc) is 3.50. The molecule has 8 nitrogen and oxygen atoms in total. The maximum atomic E-state index is 13.3. The van der Waals surface area contributed by atoms with Gasteiger partial charge >= 0.3 is 11.7 Å². The molecule has 2 heterocycles. The number of hydrogen-bond acceptors (Lipinski definition) is 6. The summed E-state index contributed by atoms with van der Waals surface area (Å²) >= 11 is 3.19. The van der Waals surface area contributed by atoms with E-state index >= 15 is 0 Å². The molecule has 4 aromatic carbocycles. The van der Waals surface area contributed by atoms with Crippen molar-refractivity contribution in [2.24, 2.45) is 0 Å². The van der Waals surface area contributed by atoms with Gasteiger partial charge in [0, 0.05) is 12.6 Å². The zero-order valence-electron chi connectivity index (χ0n) is 24.7. The van der Waals surface area contributed by atoms with Gasteiger partial charge in [0.05, 0.1) is 17.7 Å². The molecule has 6 rings (SSSR count). The molecule has 0 amide bonds. The van der Waals surface area contributed by atoms with E-state index in [1.54, 1.807) is 24.3 Å². The molecule has 0 spiro atoms. The van der Waals surface area contributed by atoms with Gasteiger partial charge in [0.2, 0.25) is 0 Å². The Balaban J connectivity index is 1.39. The summed E-state index contributed by atoms with van der Waals surface area (Å²) in [6, 6.07) is 38.5. The quantitative estimate of drug-likeness (QED) is 0.135. The topological polar surface area (TPSA) is 99.6 Å². The van der Waals surface area contributed by atoms with Crippen molar-refractivity contribution in [1.82, 2.24) is 9.55 Å². The summed E-state index contributed by atoms with van der Waals surface area (Å²) in [7, 11) is 0. The molecule has 0 unspecified atom stereocenters. The standard InChI is InChI=1S/C37H31BrN2O6/c38-22-21-27-24-40(36(43)39-34(27)41)33-23-31(46-35(42)26-13-5-1-6-14-26)32(45-33)25-44-37(28-15-7-2-8-16-28,29-17-9-3-10-18-29)30-19-11-4-12-20-30/h1-22,24,31-33H,23,25H2,(H,39,41,43)/b22-21+/t31-,32+,33+/m0/s1. The van der Waals surface area contributed by atoms with Gasteiger partial charge in [-0.2, -0.15) is 0 Å². The normalized spacial score (nSPS) is 18.1. The van der Waals surface area contributed by atoms with Gasteiger partial charge in [-0.1, -0.05) is 125 Å². The summed E-state index contributed by atoms with van der Waals surface area (Å²) in [5.74, 6) is -0.517. The molecule has 232 valence electrons. The van der Waals surface area contributed by atoms with E-state index in [4.69, 9.17) is 14.2 Å². The first-order valence-corrected chi connectivity index (χ1v) is 15.8. The second-order valence-corrected chi connectivity index (χ2v) is 11.3. The third-order valence-electron chi connectivity index (χ3n) is 8.00. The van der Waals surface area contributed by atoms with Crippen LogP contribution >= 0.6 is 15.9 Å². The number of halogens is 1. The van der Waals surface area contributed by atoms with Gasteiger partial charge in [-0.3, -0.25) is 14.3 Å². The SMILES string of the molecule is O=C(O[C@H]1C[C@H](n2cc(/C=C/Br)c(=O)[nH]c2=O)O[C@@H]1COC(c1ccccc1)(c1ccccc1)c1ccccc1)c1ccccc1. The van der Waals surface area contributed by atoms with Crippen molar-refractivity contribution in [3.8, 4) is 0 Å². The minimum Gasteiger partial charge on any atom is -0.456 e. The number of nitrogens with one attached hydrogen (secondary N) is 1. The zero-order valence-corrected chi connectivity index (χ0v) is 26.3. The van der Waals surface area contributed by atoms with Crippen LogP contribution in [0, 0.1) is 0 Å². The molecular formula is C37H31BrN2O6. The monoisotopic (exact) mass is 678 g/mol. The number of aromatic nitrogens is 2. The molecule has 0 radical (unpaired) electrons. The van der Waals surface area contributed by atoms with E-state index in [9.17, 15) is 14.4 Å². The summed E-state index contributed by atoms with van der Waals surface area (Å²) in [6.45, 7) is 0.00812. The van der Waals surface area contributed by atoms with Gasteiger partial charge in [0.1, 0.15) is 24.0 Å². The molecule has 1 aliphatic heterocycles. The van der Waals surface area contributed by atoms with Crippen LogP contribution in [0.1, 0.15) is 45.3 Å². The number of rotatable bonds is 10. The number of ether oxygens (including phenoxy) is 3. The predicted molar refractivity (Wildman–Crippen MR) is 179 cm³/mol. The molecule has 1 N–H and O–H groups in total. The second-order valence-electron chi connectivity index (χ2n) is 10.8. The van der Waals surface area contributed by atoms with Gasteiger partial charge in [-0.15, -0.1) is 0 Å². The Kier molecular flexibility index (Phi) is 9.54. The van der Waals surface area contributed by atoms with E-state index in [-0.39, 0.29) is 18.6 Å². The predicted octanol–water partition coefficient (Wildman–Crippen LogP) is 6.42. The van der Waals surface area contributed by atoms with Crippen LogP contribution in [-0.4, -0.2) is 34.3 Å². The van der Waals surface area contributed by atoms with Crippen molar-refractivity contribution < 1.29 is 19.0 Å². The van der Waals surface area contributed by atoms with Gasteiger partial charge < -0.3 is 14.2 Å². The fraction of sp³-hybridized carbons (Fsp3) is 0.162. The maximum absolute atomic E-state index is 13.3. The molecule has 1 aromatic heterocycles. The van der Waals surface area contributed by atoms with Gasteiger partial charge in [-0.05, 0) is 39.9 Å².